The van der Waals surface area contributed by atoms with Crippen molar-refractivity contribution in [2.75, 3.05) is 18.5 Å². The van der Waals surface area contributed by atoms with Gasteiger partial charge in [-0.25, -0.2) is 9.18 Å². The lowest BCUT2D eigenvalue weighted by Crippen LogP contribution is -2.58. The van der Waals surface area contributed by atoms with Crippen molar-refractivity contribution in [1.29, 1.82) is 0 Å². The van der Waals surface area contributed by atoms with Gasteiger partial charge < -0.3 is 29.6 Å². The molecule has 2 aromatic carbocycles. The number of carbonyl (C=O) groups excluding carboxylic acids is 3. The predicted molar refractivity (Wildman–Crippen MR) is 136 cm³/mol. The second-order valence-corrected chi connectivity index (χ2v) is 10.6. The highest BCUT2D eigenvalue weighted by atomic mass is 35.5. The quantitative estimate of drug-likeness (QED) is 0.505. The summed E-state index contributed by atoms with van der Waals surface area (Å²) in [5, 5.41) is 5.26. The minimum atomic E-state index is -3.81. The van der Waals surface area contributed by atoms with Crippen LogP contribution in [0.4, 0.5) is 23.7 Å². The molecule has 10 nitrogen and oxygen atoms in total. The van der Waals surface area contributed by atoms with Crippen LogP contribution in [0.15, 0.2) is 36.4 Å². The van der Waals surface area contributed by atoms with Crippen LogP contribution in [0, 0.1) is 5.82 Å². The van der Waals surface area contributed by atoms with Crippen LogP contribution in [-0.2, 0) is 14.3 Å². The number of likely N-dealkylation sites (tertiary alicyclic amines) is 1. The molecule has 0 aromatic heterocycles. The van der Waals surface area contributed by atoms with Gasteiger partial charge in [-0.2, -0.15) is 0 Å². The highest BCUT2D eigenvalue weighted by Gasteiger charge is 2.44. The van der Waals surface area contributed by atoms with E-state index >= 15 is 0 Å². The average molecular weight is 586 g/mol. The number of carbonyl (C=O) groups is 3. The molecule has 0 radical (unpaired) electrons. The Balaban J connectivity index is 1.40. The Morgan fingerprint density at radius 1 is 1.10 bits per heavy atom. The Labute approximate surface area is 232 Å². The molecular weight excluding hydrogens is 559 g/mol. The number of amides is 3. The maximum atomic E-state index is 13.6. The molecule has 216 valence electrons. The number of nitrogens with one attached hydrogen (secondary N) is 2. The molecule has 2 aromatic rings. The lowest BCUT2D eigenvalue weighted by molar-refractivity contribution is -0.286. The first kappa shape index (κ1) is 29.1. The lowest BCUT2D eigenvalue weighted by Gasteiger charge is -2.39. The fourth-order valence-electron chi connectivity index (χ4n) is 4.12. The van der Waals surface area contributed by atoms with Crippen LogP contribution in [0.25, 0.3) is 0 Å². The molecule has 1 saturated heterocycles. The number of piperidine rings is 1. The van der Waals surface area contributed by atoms with Gasteiger partial charge in [0.05, 0.1) is 5.02 Å². The smallest absolute Gasteiger partial charge is 0.484 e. The predicted octanol–water partition coefficient (Wildman–Crippen LogP) is 4.70. The van der Waals surface area contributed by atoms with Crippen molar-refractivity contribution >= 4 is 35.2 Å². The van der Waals surface area contributed by atoms with E-state index in [1.54, 1.807) is 20.8 Å². The topological polar surface area (TPSA) is 115 Å². The van der Waals surface area contributed by atoms with Crippen LogP contribution in [0.1, 0.15) is 33.6 Å². The molecule has 2 aliphatic heterocycles. The molecule has 14 heteroatoms. The van der Waals surface area contributed by atoms with Gasteiger partial charge in [-0.05, 0) is 57.9 Å². The molecule has 2 aliphatic rings. The normalized spacial score (nSPS) is 19.5. The van der Waals surface area contributed by atoms with Crippen LogP contribution in [0.5, 0.6) is 17.2 Å². The third-order valence-electron chi connectivity index (χ3n) is 5.81. The third-order valence-corrected chi connectivity index (χ3v) is 6.11. The molecule has 0 bridgehead atoms. The number of alkyl halides is 2. The minimum absolute atomic E-state index is 0.0539. The zero-order valence-electron chi connectivity index (χ0n) is 21.8. The van der Waals surface area contributed by atoms with E-state index in [0.717, 1.165) is 6.07 Å². The van der Waals surface area contributed by atoms with Gasteiger partial charge in [0, 0.05) is 30.4 Å². The first-order valence-electron chi connectivity index (χ1n) is 12.3. The molecule has 1 fully saturated rings. The maximum absolute atomic E-state index is 13.6. The number of benzene rings is 2. The summed E-state index contributed by atoms with van der Waals surface area (Å²) in [6, 6.07) is 6.01. The van der Waals surface area contributed by atoms with E-state index < -0.39 is 54.3 Å². The Morgan fingerprint density at radius 3 is 2.52 bits per heavy atom. The van der Waals surface area contributed by atoms with Crippen molar-refractivity contribution in [3.05, 3.63) is 47.2 Å². The van der Waals surface area contributed by atoms with E-state index in [0.29, 0.717) is 6.42 Å². The van der Waals surface area contributed by atoms with Crippen molar-refractivity contribution in [1.82, 2.24) is 10.2 Å². The molecular formula is C26H27ClF3N3O7. The molecule has 0 aliphatic carbocycles. The fourth-order valence-corrected chi connectivity index (χ4v) is 4.24. The lowest BCUT2D eigenvalue weighted by atomic mass is 9.97. The summed E-state index contributed by atoms with van der Waals surface area (Å²) in [5.74, 6) is -2.12. The largest absolute Gasteiger partial charge is 0.586 e. The van der Waals surface area contributed by atoms with E-state index in [9.17, 15) is 27.6 Å². The van der Waals surface area contributed by atoms with Crippen molar-refractivity contribution in [2.45, 2.75) is 57.6 Å². The summed E-state index contributed by atoms with van der Waals surface area (Å²) in [7, 11) is 0. The van der Waals surface area contributed by atoms with Crippen molar-refractivity contribution in [2.24, 2.45) is 0 Å². The fraction of sp³-hybridized carbons (Fsp3) is 0.423. The standard InChI is InChI=1S/C26H27ClF3N3O7/c1-25(2,3)40-24(36)33-12-15(31-22(34)13-37-16-6-7-17(27)18(28)11-16)4-8-19(33)23(35)32-14-5-9-20-21(10-14)39-26(29,30)38-20/h5-7,9-11,15,19H,4,8,12-13H2,1-3H3,(H,31,34)(H,32,35)/t15?,19-/m0/s1. The number of rotatable bonds is 6. The van der Waals surface area contributed by atoms with Crippen LogP contribution in [-0.4, -0.2) is 59.9 Å². The summed E-state index contributed by atoms with van der Waals surface area (Å²) in [6.07, 6.45) is -4.10. The minimum Gasteiger partial charge on any atom is -0.484 e. The summed E-state index contributed by atoms with van der Waals surface area (Å²) in [4.78, 5) is 39.9. The van der Waals surface area contributed by atoms with E-state index in [1.165, 1.54) is 35.2 Å². The van der Waals surface area contributed by atoms with Gasteiger partial charge in [0.2, 0.25) is 5.91 Å². The monoisotopic (exact) mass is 585 g/mol. The van der Waals surface area contributed by atoms with Gasteiger partial charge in [0.25, 0.3) is 5.91 Å². The van der Waals surface area contributed by atoms with E-state index in [4.69, 9.17) is 21.1 Å². The average Bonchev–Trinajstić information content (AvgIpc) is 3.16. The van der Waals surface area contributed by atoms with Gasteiger partial charge in [0.1, 0.15) is 23.2 Å². The second-order valence-electron chi connectivity index (χ2n) is 10.2. The highest BCUT2D eigenvalue weighted by Crippen LogP contribution is 2.42. The molecule has 3 amide bonds. The summed E-state index contributed by atoms with van der Waals surface area (Å²) in [6.45, 7) is 4.53. The Morgan fingerprint density at radius 2 is 1.82 bits per heavy atom. The number of anilines is 1. The number of ether oxygens (including phenoxy) is 4. The molecule has 2 N–H and O–H groups in total. The zero-order chi connectivity index (χ0) is 29.2. The molecule has 2 heterocycles. The van der Waals surface area contributed by atoms with Gasteiger partial charge >= 0.3 is 12.4 Å². The van der Waals surface area contributed by atoms with Crippen LogP contribution >= 0.6 is 11.6 Å². The third kappa shape index (κ3) is 7.40. The Bertz CT molecular complexity index is 1300. The van der Waals surface area contributed by atoms with Gasteiger partial charge in [-0.3, -0.25) is 14.5 Å². The molecule has 40 heavy (non-hydrogen) atoms. The van der Waals surface area contributed by atoms with Crippen LogP contribution in [0.2, 0.25) is 5.02 Å². The van der Waals surface area contributed by atoms with E-state index in [-0.39, 0.29) is 40.9 Å². The number of hydrogen-bond donors (Lipinski definition) is 2. The van der Waals surface area contributed by atoms with Crippen molar-refractivity contribution in [3.63, 3.8) is 0 Å². The number of fused-ring (bicyclic) bond motifs is 1. The van der Waals surface area contributed by atoms with Crippen molar-refractivity contribution in [3.8, 4) is 17.2 Å². The summed E-state index contributed by atoms with van der Waals surface area (Å²) in [5.41, 5.74) is -0.709. The first-order chi connectivity index (χ1) is 18.7. The summed E-state index contributed by atoms with van der Waals surface area (Å²) >= 11 is 5.64. The Hall–Kier alpha value is -3.87. The molecule has 2 atom stereocenters. The SMILES string of the molecule is CC(C)(C)OC(=O)N1CC(NC(=O)COc2ccc(Cl)c(F)c2)CC[C@H]1C(=O)Nc1ccc2c(c1)OC(F)(F)O2. The highest BCUT2D eigenvalue weighted by molar-refractivity contribution is 6.30. The van der Waals surface area contributed by atoms with Crippen LogP contribution in [0.3, 0.4) is 0 Å². The zero-order valence-corrected chi connectivity index (χ0v) is 22.5. The molecule has 4 rings (SSSR count). The van der Waals surface area contributed by atoms with Crippen LogP contribution < -0.4 is 24.8 Å². The molecule has 1 unspecified atom stereocenters. The number of nitrogens with zero attached hydrogens (tertiary/aromatic N) is 1. The van der Waals surface area contributed by atoms with E-state index in [2.05, 4.69) is 20.1 Å². The molecule has 0 saturated carbocycles. The van der Waals surface area contributed by atoms with E-state index in [1.807, 2.05) is 0 Å². The van der Waals surface area contributed by atoms with Gasteiger partial charge in [-0.15, -0.1) is 8.78 Å². The number of halogens is 4. The number of hydrogen-bond acceptors (Lipinski definition) is 7. The summed E-state index contributed by atoms with van der Waals surface area (Å²) < 4.78 is 59.9. The van der Waals surface area contributed by atoms with Gasteiger partial charge in [0.15, 0.2) is 18.1 Å². The molecule has 0 spiro atoms. The Kier molecular flexibility index (Phi) is 8.24. The first-order valence-corrected chi connectivity index (χ1v) is 12.6. The maximum Gasteiger partial charge on any atom is 0.586 e. The van der Waals surface area contributed by atoms with Gasteiger partial charge in [-0.1, -0.05) is 11.6 Å². The second kappa shape index (κ2) is 11.3. The van der Waals surface area contributed by atoms with Crippen molar-refractivity contribution < 1.29 is 46.5 Å².